The van der Waals surface area contributed by atoms with Crippen LogP contribution in [0.1, 0.15) is 39.7 Å². The van der Waals surface area contributed by atoms with E-state index in [9.17, 15) is 36.2 Å². The maximum Gasteiger partial charge on any atom is 0.416 e. The molecule has 0 saturated carbocycles. The molecule has 0 aliphatic rings. The van der Waals surface area contributed by atoms with E-state index in [4.69, 9.17) is 0 Å². The minimum atomic E-state index is -5.02. The number of benzene rings is 2. The second-order valence-corrected chi connectivity index (χ2v) is 8.24. The molecule has 2 aromatic heterocycles. The highest BCUT2D eigenvalue weighted by Gasteiger charge is 2.37. The van der Waals surface area contributed by atoms with Crippen molar-refractivity contribution >= 4 is 22.8 Å². The molecular weight excluding hydrogens is 506 g/mol. The van der Waals surface area contributed by atoms with Crippen LogP contribution in [0.25, 0.3) is 10.9 Å². The van der Waals surface area contributed by atoms with Crippen molar-refractivity contribution in [3.8, 4) is 0 Å². The molecule has 4 rings (SSSR count). The Labute approximate surface area is 205 Å². The molecule has 0 aliphatic heterocycles. The van der Waals surface area contributed by atoms with Crippen LogP contribution < -0.4 is 4.90 Å². The molecule has 0 amide bonds. The Bertz CT molecular complexity index is 1420. The summed E-state index contributed by atoms with van der Waals surface area (Å²) in [5, 5.41) is 22.2. The number of alkyl halides is 6. The van der Waals surface area contributed by atoms with Crippen LogP contribution >= 0.6 is 0 Å². The molecule has 4 aromatic rings. The van der Waals surface area contributed by atoms with Crippen LogP contribution in [0.4, 0.5) is 32.3 Å². The number of carbonyl (C=O) groups is 1. The second kappa shape index (κ2) is 9.41. The molecule has 14 heteroatoms. The molecule has 0 unspecified atom stereocenters. The van der Waals surface area contributed by atoms with Gasteiger partial charge in [-0.1, -0.05) is 23.3 Å². The second-order valence-electron chi connectivity index (χ2n) is 8.24. The lowest BCUT2D eigenvalue weighted by atomic mass is 10.0. The number of anilines is 1. The lowest BCUT2D eigenvalue weighted by Gasteiger charge is -2.22. The van der Waals surface area contributed by atoms with Crippen LogP contribution in [0.3, 0.4) is 0 Å². The summed E-state index contributed by atoms with van der Waals surface area (Å²) >= 11 is 0. The van der Waals surface area contributed by atoms with Crippen molar-refractivity contribution in [1.82, 2.24) is 24.8 Å². The lowest BCUT2D eigenvalue weighted by Crippen LogP contribution is -2.25. The summed E-state index contributed by atoms with van der Waals surface area (Å²) in [4.78, 5) is 14.6. The molecule has 2 aromatic carbocycles. The number of nitrogens with zero attached hydrogens (tertiary/aromatic N) is 6. The van der Waals surface area contributed by atoms with Gasteiger partial charge in [-0.25, -0.2) is 4.79 Å². The summed E-state index contributed by atoms with van der Waals surface area (Å²) in [5.41, 5.74) is -2.37. The maximum atomic E-state index is 13.4. The number of carboxylic acids is 1. The molecule has 0 saturated heterocycles. The lowest BCUT2D eigenvalue weighted by molar-refractivity contribution is -0.143. The van der Waals surface area contributed by atoms with Gasteiger partial charge >= 0.3 is 18.3 Å². The van der Waals surface area contributed by atoms with Gasteiger partial charge < -0.3 is 14.6 Å². The highest BCUT2D eigenvalue weighted by molar-refractivity contribution is 5.98. The molecule has 0 fully saturated rings. The van der Waals surface area contributed by atoms with Gasteiger partial charge in [0.1, 0.15) is 5.69 Å². The Morgan fingerprint density at radius 3 is 2.14 bits per heavy atom. The largest absolute Gasteiger partial charge is 0.477 e. The third-order valence-electron chi connectivity index (χ3n) is 5.75. The van der Waals surface area contributed by atoms with E-state index in [1.54, 1.807) is 35.8 Å². The van der Waals surface area contributed by atoms with Crippen molar-refractivity contribution in [2.45, 2.75) is 38.9 Å². The zero-order valence-electron chi connectivity index (χ0n) is 19.5. The molecule has 37 heavy (non-hydrogen) atoms. The number of hydrogen-bond acceptors (Lipinski definition) is 5. The third kappa shape index (κ3) is 5.22. The molecule has 0 atom stereocenters. The number of aromatic carboxylic acids is 1. The molecule has 8 nitrogen and oxygen atoms in total. The van der Waals surface area contributed by atoms with Crippen molar-refractivity contribution < 1.29 is 36.2 Å². The van der Waals surface area contributed by atoms with Crippen LogP contribution in [0.15, 0.2) is 42.5 Å². The summed E-state index contributed by atoms with van der Waals surface area (Å²) in [7, 11) is 1.44. The number of hydrogen-bond donors (Lipinski definition) is 1. The SMILES string of the molecule is CCn1c(C(=O)O)c(CN(Cc2cc(C(F)(F)F)cc(C(F)(F)F)c2)c2nnn(C)n2)c2ccccc21. The van der Waals surface area contributed by atoms with Crippen molar-refractivity contribution in [3.05, 3.63) is 70.4 Å². The smallest absolute Gasteiger partial charge is 0.416 e. The fraction of sp³-hybridized carbons (Fsp3) is 0.304. The first-order chi connectivity index (χ1) is 17.3. The number of fused-ring (bicyclic) bond motifs is 1. The van der Waals surface area contributed by atoms with E-state index in [1.165, 1.54) is 11.9 Å². The number of carboxylic acid groups (broad SMARTS) is 1. The molecule has 1 N–H and O–H groups in total. The van der Waals surface area contributed by atoms with Crippen LogP contribution in [0.5, 0.6) is 0 Å². The quantitative estimate of drug-likeness (QED) is 0.336. The Morgan fingerprint density at radius 2 is 1.62 bits per heavy atom. The Balaban J connectivity index is 1.86. The van der Waals surface area contributed by atoms with Gasteiger partial charge in [0.15, 0.2) is 0 Å². The van der Waals surface area contributed by atoms with Gasteiger partial charge in [0.25, 0.3) is 5.95 Å². The van der Waals surface area contributed by atoms with Gasteiger partial charge in [0.05, 0.1) is 18.2 Å². The Morgan fingerprint density at radius 1 is 1.00 bits per heavy atom. The predicted octanol–water partition coefficient (Wildman–Crippen LogP) is 5.13. The summed E-state index contributed by atoms with van der Waals surface area (Å²) in [5.74, 6) is -1.34. The fourth-order valence-corrected chi connectivity index (χ4v) is 4.23. The van der Waals surface area contributed by atoms with Crippen molar-refractivity contribution in [1.29, 1.82) is 0 Å². The average Bonchev–Trinajstić information content (AvgIpc) is 3.38. The first kappa shape index (κ1) is 26.0. The molecule has 196 valence electrons. The van der Waals surface area contributed by atoms with Crippen LogP contribution in [0, 0.1) is 0 Å². The van der Waals surface area contributed by atoms with E-state index in [0.29, 0.717) is 35.1 Å². The van der Waals surface area contributed by atoms with Crippen LogP contribution in [0.2, 0.25) is 0 Å². The van der Waals surface area contributed by atoms with E-state index < -0.39 is 36.0 Å². The first-order valence-corrected chi connectivity index (χ1v) is 10.9. The maximum absolute atomic E-state index is 13.4. The molecule has 2 heterocycles. The van der Waals surface area contributed by atoms with Crippen molar-refractivity contribution in [3.63, 3.8) is 0 Å². The number of para-hydroxylation sites is 1. The predicted molar refractivity (Wildman–Crippen MR) is 120 cm³/mol. The number of rotatable bonds is 7. The van der Waals surface area contributed by atoms with Gasteiger partial charge in [-0.15, -0.1) is 5.10 Å². The van der Waals surface area contributed by atoms with Gasteiger partial charge in [0, 0.05) is 36.1 Å². The topological polar surface area (TPSA) is 89.1 Å². The Hall–Kier alpha value is -4.10. The Kier molecular flexibility index (Phi) is 6.60. The number of aryl methyl sites for hydroxylation is 2. The van der Waals surface area contributed by atoms with Gasteiger partial charge in [-0.05, 0) is 42.0 Å². The number of tetrazole rings is 1. The van der Waals surface area contributed by atoms with E-state index in [1.807, 2.05) is 0 Å². The van der Waals surface area contributed by atoms with E-state index in [0.717, 1.165) is 4.80 Å². The van der Waals surface area contributed by atoms with Crippen LogP contribution in [-0.2, 0) is 39.0 Å². The van der Waals surface area contributed by atoms with Crippen LogP contribution in [-0.4, -0.2) is 35.9 Å². The van der Waals surface area contributed by atoms with Crippen molar-refractivity contribution in [2.24, 2.45) is 7.05 Å². The van der Waals surface area contributed by atoms with Gasteiger partial charge in [0.2, 0.25) is 0 Å². The third-order valence-corrected chi connectivity index (χ3v) is 5.75. The first-order valence-electron chi connectivity index (χ1n) is 10.9. The molecule has 0 radical (unpaired) electrons. The summed E-state index contributed by atoms with van der Waals surface area (Å²) in [6.07, 6.45) is -10.0. The van der Waals surface area contributed by atoms with Gasteiger partial charge in [-0.3, -0.25) is 0 Å². The highest BCUT2D eigenvalue weighted by atomic mass is 19.4. The summed E-state index contributed by atoms with van der Waals surface area (Å²) in [6.45, 7) is 1.36. The normalized spacial score (nSPS) is 12.3. The van der Waals surface area contributed by atoms with E-state index in [-0.39, 0.29) is 29.8 Å². The zero-order chi connectivity index (χ0) is 27.1. The molecule has 0 aliphatic carbocycles. The van der Waals surface area contributed by atoms with E-state index >= 15 is 0 Å². The average molecular weight is 526 g/mol. The molecule has 0 bridgehead atoms. The number of aromatic nitrogens is 5. The van der Waals surface area contributed by atoms with Crippen molar-refractivity contribution in [2.75, 3.05) is 4.90 Å². The van der Waals surface area contributed by atoms with E-state index in [2.05, 4.69) is 15.4 Å². The fourth-order valence-electron chi connectivity index (χ4n) is 4.23. The monoisotopic (exact) mass is 526 g/mol. The minimum absolute atomic E-state index is 0.0474. The summed E-state index contributed by atoms with van der Waals surface area (Å²) < 4.78 is 82.1. The zero-order valence-corrected chi connectivity index (χ0v) is 19.5. The van der Waals surface area contributed by atoms with Gasteiger partial charge in [-0.2, -0.15) is 31.1 Å². The molecular formula is C23H20F6N6O2. The minimum Gasteiger partial charge on any atom is -0.477 e. The number of halogens is 6. The summed E-state index contributed by atoms with van der Waals surface area (Å²) in [6, 6.07) is 8.13. The standard InChI is InChI=1S/C23H20F6N6O2/c1-3-35-18-7-5-4-6-16(18)17(19(35)20(36)37)12-34(21-30-32-33(2)31-21)11-13-8-14(22(24,25)26)10-15(9-13)23(27,28)29/h4-10H,3,11-12H2,1-2H3,(H,36,37). The molecule has 0 spiro atoms. The highest BCUT2D eigenvalue weighted by Crippen LogP contribution is 2.37.